The molecule has 3 aliphatic heterocycles. The van der Waals surface area contributed by atoms with Crippen LogP contribution in [0.15, 0.2) is 60.7 Å². The molecule has 0 aliphatic carbocycles. The lowest BCUT2D eigenvalue weighted by Gasteiger charge is -2.45. The van der Waals surface area contributed by atoms with Crippen LogP contribution in [-0.4, -0.2) is 73.2 Å². The Kier molecular flexibility index (Phi) is 10.5. The number of quaternary nitrogens is 1. The smallest absolute Gasteiger partial charge is 0.411 e. The summed E-state index contributed by atoms with van der Waals surface area (Å²) in [5, 5.41) is 15.8. The molecular formula is C35H41ClIN3O6. The van der Waals surface area contributed by atoms with E-state index >= 15 is 0 Å². The molecule has 2 amide bonds. The fourth-order valence-electron chi connectivity index (χ4n) is 7.08. The van der Waals surface area contributed by atoms with E-state index in [9.17, 15) is 14.7 Å². The molecule has 0 spiro atoms. The van der Waals surface area contributed by atoms with E-state index in [1.807, 2.05) is 49.4 Å². The maximum Gasteiger partial charge on any atom is 0.411 e. The summed E-state index contributed by atoms with van der Waals surface area (Å²) in [6.07, 6.45) is 2.90. The fraction of sp³-hybridized carbons (Fsp3) is 0.429. The Morgan fingerprint density at radius 1 is 1.02 bits per heavy atom. The van der Waals surface area contributed by atoms with Crippen molar-refractivity contribution in [3.8, 4) is 16.9 Å². The van der Waals surface area contributed by atoms with Gasteiger partial charge in [-0.05, 0) is 42.2 Å². The standard InChI is InChI=1S/C35H40ClN3O6.HI/c1-20(34(41)37-28-18-31(43-4)23(19-40)15-26(28)36)10-11-21-12-13-27(25(14-21)22-8-6-5-7-9-22)38-35(42)44-24-16-29-32-33(45-32)30(17-24)39(29,2)3;/h5-9,12-15,18,20,24,29-30,32-33,40H,10-11,16-17,19H2,1-4H3,(H-,37,38,41,42);1H/t20?,24?,29-,30+,32-,33+;. The first-order valence-corrected chi connectivity index (χ1v) is 15.9. The number of benzene rings is 3. The van der Waals surface area contributed by atoms with Crippen molar-refractivity contribution >= 4 is 35.0 Å². The number of aliphatic hydroxyl groups is 1. The van der Waals surface area contributed by atoms with Gasteiger partial charge in [0.2, 0.25) is 5.91 Å². The van der Waals surface area contributed by atoms with E-state index in [1.165, 1.54) is 7.11 Å². The number of likely N-dealkylation sites (N-methyl/N-ethyl adjacent to an activating group) is 1. The van der Waals surface area contributed by atoms with Gasteiger partial charge >= 0.3 is 6.09 Å². The van der Waals surface area contributed by atoms with Crippen LogP contribution in [-0.2, 0) is 27.3 Å². The lowest BCUT2D eigenvalue weighted by atomic mass is 9.96. The molecule has 3 aromatic rings. The van der Waals surface area contributed by atoms with Gasteiger partial charge in [-0.1, -0.05) is 54.9 Å². The van der Waals surface area contributed by atoms with Crippen LogP contribution in [0.4, 0.5) is 16.2 Å². The average molecular weight is 762 g/mol. The number of nitrogens with one attached hydrogen (secondary N) is 2. The number of carbonyl (C=O) groups excluding carboxylic acids is 2. The second-order valence-electron chi connectivity index (χ2n) is 12.9. The largest absolute Gasteiger partial charge is 1.00 e. The first-order chi connectivity index (χ1) is 21.6. The molecule has 6 atom stereocenters. The van der Waals surface area contributed by atoms with Gasteiger partial charge in [-0.25, -0.2) is 4.79 Å². The van der Waals surface area contributed by atoms with Gasteiger partial charge in [-0.2, -0.15) is 0 Å². The van der Waals surface area contributed by atoms with E-state index in [4.69, 9.17) is 25.8 Å². The van der Waals surface area contributed by atoms with Crippen molar-refractivity contribution in [1.29, 1.82) is 0 Å². The van der Waals surface area contributed by atoms with Crippen molar-refractivity contribution in [2.24, 2.45) is 5.92 Å². The number of ether oxygens (including phenoxy) is 3. The number of anilines is 2. The predicted octanol–water partition coefficient (Wildman–Crippen LogP) is 3.02. The maximum absolute atomic E-state index is 13.1. The van der Waals surface area contributed by atoms with Gasteiger partial charge in [0.05, 0.1) is 44.2 Å². The zero-order valence-corrected chi connectivity index (χ0v) is 29.4. The van der Waals surface area contributed by atoms with Crippen molar-refractivity contribution in [2.75, 3.05) is 31.8 Å². The minimum atomic E-state index is -0.446. The minimum absolute atomic E-state index is 0. The number of carbonyl (C=O) groups is 2. The zero-order chi connectivity index (χ0) is 31.9. The van der Waals surface area contributed by atoms with Crippen LogP contribution in [0.25, 0.3) is 11.1 Å². The summed E-state index contributed by atoms with van der Waals surface area (Å²) >= 11 is 6.35. The lowest BCUT2D eigenvalue weighted by Crippen LogP contribution is -3.00. The Hall–Kier alpha value is -2.90. The van der Waals surface area contributed by atoms with Crippen LogP contribution in [0.1, 0.15) is 37.3 Å². The number of piperidine rings is 1. The molecule has 0 aromatic heterocycles. The topological polar surface area (TPSA) is 109 Å². The van der Waals surface area contributed by atoms with E-state index in [-0.39, 0.29) is 48.5 Å². The van der Waals surface area contributed by atoms with Gasteiger partial charge in [0.15, 0.2) is 0 Å². The van der Waals surface area contributed by atoms with E-state index in [0.29, 0.717) is 64.8 Å². The number of morpholine rings is 1. The highest BCUT2D eigenvalue weighted by molar-refractivity contribution is 6.33. The van der Waals surface area contributed by atoms with Gasteiger partial charge in [0.25, 0.3) is 0 Å². The molecule has 3 heterocycles. The molecule has 3 saturated heterocycles. The Bertz CT molecular complexity index is 1570. The summed E-state index contributed by atoms with van der Waals surface area (Å²) in [5.41, 5.74) is 4.57. The molecule has 0 saturated carbocycles. The van der Waals surface area contributed by atoms with Crippen LogP contribution in [0.2, 0.25) is 5.02 Å². The third-order valence-electron chi connectivity index (χ3n) is 9.83. The Morgan fingerprint density at radius 3 is 2.37 bits per heavy atom. The number of aliphatic hydroxyl groups excluding tert-OH is 1. The predicted molar refractivity (Wildman–Crippen MR) is 173 cm³/mol. The highest BCUT2D eigenvalue weighted by atomic mass is 127. The van der Waals surface area contributed by atoms with E-state index in [0.717, 1.165) is 34.0 Å². The molecule has 0 radical (unpaired) electrons. The summed E-state index contributed by atoms with van der Waals surface area (Å²) in [4.78, 5) is 26.2. The van der Waals surface area contributed by atoms with Crippen molar-refractivity contribution in [1.82, 2.24) is 0 Å². The van der Waals surface area contributed by atoms with Gasteiger partial charge in [0.1, 0.15) is 36.1 Å². The Labute approximate surface area is 292 Å². The van der Waals surface area contributed by atoms with E-state index in [2.05, 4.69) is 30.8 Å². The summed E-state index contributed by atoms with van der Waals surface area (Å²) in [7, 11) is 6.01. The van der Waals surface area contributed by atoms with Gasteiger partial charge in [0, 0.05) is 36.0 Å². The van der Waals surface area contributed by atoms with Gasteiger partial charge in [-0.15, -0.1) is 0 Å². The summed E-state index contributed by atoms with van der Waals surface area (Å²) in [6.45, 7) is 1.66. The Morgan fingerprint density at radius 2 is 1.72 bits per heavy atom. The normalized spacial score (nSPS) is 24.2. The van der Waals surface area contributed by atoms with Crippen molar-refractivity contribution in [3.05, 3.63) is 76.8 Å². The molecule has 246 valence electrons. The third-order valence-corrected chi connectivity index (χ3v) is 10.1. The van der Waals surface area contributed by atoms with Crippen molar-refractivity contribution in [2.45, 2.75) is 69.6 Å². The molecule has 3 aromatic carbocycles. The van der Waals surface area contributed by atoms with Gasteiger partial charge in [-0.3, -0.25) is 10.1 Å². The minimum Gasteiger partial charge on any atom is -1.00 e. The first kappa shape index (κ1) is 34.4. The SMILES string of the molecule is COc1cc(NC(=O)C(C)CCc2ccc(NC(=O)OC3C[C@@H]4[C@H]5O[C@H]5[C@H](C3)[N+]4(C)C)c(-c3ccccc3)c2)c(Cl)cc1CO.[I-]. The van der Waals surface area contributed by atoms with Crippen LogP contribution in [0.5, 0.6) is 5.75 Å². The summed E-state index contributed by atoms with van der Waals surface area (Å²) in [5.74, 6) is -0.0125. The number of amides is 2. The highest BCUT2D eigenvalue weighted by Crippen LogP contribution is 2.51. The second kappa shape index (κ2) is 14.1. The van der Waals surface area contributed by atoms with E-state index < -0.39 is 6.09 Å². The van der Waals surface area contributed by atoms with Crippen LogP contribution < -0.4 is 39.3 Å². The molecule has 6 rings (SSSR count). The maximum atomic E-state index is 13.1. The third kappa shape index (κ3) is 7.01. The molecule has 9 nitrogen and oxygen atoms in total. The molecule has 11 heteroatoms. The number of rotatable bonds is 10. The number of fused-ring (bicyclic) bond motifs is 5. The monoisotopic (exact) mass is 761 g/mol. The summed E-state index contributed by atoms with van der Waals surface area (Å²) in [6, 6.07) is 19.8. The highest BCUT2D eigenvalue weighted by Gasteiger charge is 2.70. The summed E-state index contributed by atoms with van der Waals surface area (Å²) < 4.78 is 18.1. The van der Waals surface area contributed by atoms with Gasteiger partial charge < -0.3 is 53.1 Å². The number of methoxy groups -OCH3 is 1. The molecule has 2 unspecified atom stereocenters. The van der Waals surface area contributed by atoms with Crippen molar-refractivity contribution in [3.63, 3.8) is 0 Å². The lowest BCUT2D eigenvalue weighted by molar-refractivity contribution is -0.938. The molecule has 3 aliphatic rings. The molecule has 46 heavy (non-hydrogen) atoms. The van der Waals surface area contributed by atoms with Crippen LogP contribution >= 0.6 is 11.6 Å². The Balaban J connectivity index is 0.00000417. The number of epoxide rings is 1. The number of halogens is 2. The average Bonchev–Trinajstić information content (AvgIpc) is 3.80. The number of hydrogen-bond acceptors (Lipinski definition) is 6. The quantitative estimate of drug-likeness (QED) is 0.167. The van der Waals surface area contributed by atoms with E-state index in [1.54, 1.807) is 12.1 Å². The number of aryl methyl sites for hydroxylation is 1. The second-order valence-corrected chi connectivity index (χ2v) is 13.3. The molecular weight excluding hydrogens is 721 g/mol. The number of hydrogen-bond donors (Lipinski definition) is 3. The molecule has 2 bridgehead atoms. The number of nitrogens with zero attached hydrogens (tertiary/aromatic N) is 1. The van der Waals surface area contributed by atoms with Crippen LogP contribution in [0.3, 0.4) is 0 Å². The molecule has 3 N–H and O–H groups in total. The fourth-order valence-corrected chi connectivity index (χ4v) is 7.31. The zero-order valence-electron chi connectivity index (χ0n) is 26.5. The first-order valence-electron chi connectivity index (χ1n) is 15.5. The molecule has 3 fully saturated rings. The van der Waals surface area contributed by atoms with Crippen molar-refractivity contribution < 1.29 is 57.4 Å². The van der Waals surface area contributed by atoms with Crippen LogP contribution in [0, 0.1) is 5.92 Å².